The highest BCUT2D eigenvalue weighted by Crippen LogP contribution is 2.28. The Bertz CT molecular complexity index is 1540. The predicted molar refractivity (Wildman–Crippen MR) is 134 cm³/mol. The Hall–Kier alpha value is -4.22. The van der Waals surface area contributed by atoms with Gasteiger partial charge in [0.1, 0.15) is 11.3 Å². The third kappa shape index (κ3) is 4.75. The molecule has 6 heteroatoms. The minimum Gasteiger partial charge on any atom is -0.436 e. The molecule has 0 aliphatic rings. The van der Waals surface area contributed by atoms with Gasteiger partial charge < -0.3 is 9.15 Å². The van der Waals surface area contributed by atoms with E-state index in [0.717, 1.165) is 27.9 Å². The number of benzene rings is 4. The molecular weight excluding hydrogens is 448 g/mol. The van der Waals surface area contributed by atoms with Gasteiger partial charge in [0.25, 0.3) is 0 Å². The van der Waals surface area contributed by atoms with Crippen molar-refractivity contribution in [2.24, 2.45) is 4.99 Å². The number of carbonyl (C=O) groups is 1. The van der Waals surface area contributed by atoms with Crippen LogP contribution in [-0.4, -0.2) is 17.2 Å². The third-order valence-electron chi connectivity index (χ3n) is 5.16. The average Bonchev–Trinajstić information content (AvgIpc) is 3.27. The van der Waals surface area contributed by atoms with E-state index in [2.05, 4.69) is 9.98 Å². The number of oxazole rings is 1. The first-order valence-electron chi connectivity index (χ1n) is 10.6. The number of rotatable bonds is 5. The lowest BCUT2D eigenvalue weighted by Crippen LogP contribution is -2.09. The van der Waals surface area contributed by atoms with Crippen molar-refractivity contribution in [2.75, 3.05) is 0 Å². The number of carbonyl (C=O) groups excluding carboxylic acids is 1. The first-order chi connectivity index (χ1) is 16.5. The average molecular weight is 467 g/mol. The van der Waals surface area contributed by atoms with Crippen LogP contribution >= 0.6 is 11.6 Å². The van der Waals surface area contributed by atoms with Gasteiger partial charge in [0.15, 0.2) is 5.58 Å². The first-order valence-corrected chi connectivity index (χ1v) is 11.0. The Kier molecular flexibility index (Phi) is 5.93. The molecule has 34 heavy (non-hydrogen) atoms. The number of aryl methyl sites for hydroxylation is 1. The van der Waals surface area contributed by atoms with Crippen LogP contribution in [0.4, 0.5) is 5.69 Å². The van der Waals surface area contributed by atoms with Gasteiger partial charge in [-0.05, 0) is 67.1 Å². The standard InChI is InChI=1S/C28H19ClN2O3/c1-18-6-4-8-20(14-18)27-31-25-16-21(12-13-26(25)34-27)30-17-19-7-5-9-22(15-19)33-28(32)23-10-2-3-11-24(23)29/h2-17H,1H3. The Labute approximate surface area is 201 Å². The van der Waals surface area contributed by atoms with Gasteiger partial charge in [0, 0.05) is 11.8 Å². The zero-order chi connectivity index (χ0) is 23.5. The van der Waals surface area contributed by atoms with Crippen molar-refractivity contribution in [3.8, 4) is 17.2 Å². The van der Waals surface area contributed by atoms with E-state index in [4.69, 9.17) is 20.8 Å². The van der Waals surface area contributed by atoms with Gasteiger partial charge in [-0.2, -0.15) is 0 Å². The molecule has 4 aromatic carbocycles. The fraction of sp³-hybridized carbons (Fsp3) is 0.0357. The number of fused-ring (bicyclic) bond motifs is 1. The molecule has 0 amide bonds. The molecule has 0 aliphatic heterocycles. The summed E-state index contributed by atoms with van der Waals surface area (Å²) in [4.78, 5) is 21.6. The molecule has 0 N–H and O–H groups in total. The van der Waals surface area contributed by atoms with Gasteiger partial charge in [-0.3, -0.25) is 4.99 Å². The van der Waals surface area contributed by atoms with Crippen LogP contribution in [0.2, 0.25) is 5.02 Å². The van der Waals surface area contributed by atoms with Crippen LogP contribution in [0.15, 0.2) is 100 Å². The summed E-state index contributed by atoms with van der Waals surface area (Å²) in [5, 5.41) is 0.346. The summed E-state index contributed by atoms with van der Waals surface area (Å²) < 4.78 is 11.4. The second kappa shape index (κ2) is 9.33. The third-order valence-corrected chi connectivity index (χ3v) is 5.49. The van der Waals surface area contributed by atoms with Crippen LogP contribution in [0.3, 0.4) is 0 Å². The number of ether oxygens (including phenoxy) is 1. The number of aromatic nitrogens is 1. The largest absolute Gasteiger partial charge is 0.436 e. The summed E-state index contributed by atoms with van der Waals surface area (Å²) in [6, 6.07) is 27.5. The van der Waals surface area contributed by atoms with Crippen molar-refractivity contribution in [3.05, 3.63) is 113 Å². The van der Waals surface area contributed by atoms with E-state index in [0.29, 0.717) is 27.8 Å². The molecule has 0 unspecified atom stereocenters. The van der Waals surface area contributed by atoms with Crippen LogP contribution in [0.5, 0.6) is 5.75 Å². The lowest BCUT2D eigenvalue weighted by atomic mass is 10.1. The normalized spacial score (nSPS) is 11.2. The van der Waals surface area contributed by atoms with Gasteiger partial charge in [-0.15, -0.1) is 0 Å². The van der Waals surface area contributed by atoms with Gasteiger partial charge in [-0.1, -0.05) is 53.6 Å². The molecule has 0 aliphatic carbocycles. The van der Waals surface area contributed by atoms with Crippen molar-refractivity contribution in [3.63, 3.8) is 0 Å². The SMILES string of the molecule is Cc1cccc(-c2nc3cc(N=Cc4cccc(OC(=O)c5ccccc5Cl)c4)ccc3o2)c1. The number of aliphatic imine (C=N–C) groups is 1. The molecule has 0 fully saturated rings. The summed E-state index contributed by atoms with van der Waals surface area (Å²) in [5.74, 6) is 0.470. The second-order valence-electron chi connectivity index (χ2n) is 7.74. The Balaban J connectivity index is 1.34. The molecular formula is C28H19ClN2O3. The van der Waals surface area contributed by atoms with E-state index in [9.17, 15) is 4.79 Å². The summed E-state index contributed by atoms with van der Waals surface area (Å²) >= 11 is 6.08. The molecule has 0 saturated heterocycles. The minimum absolute atomic E-state index is 0.314. The summed E-state index contributed by atoms with van der Waals surface area (Å²) in [6.45, 7) is 2.03. The molecule has 1 heterocycles. The van der Waals surface area contributed by atoms with Crippen molar-refractivity contribution in [1.29, 1.82) is 0 Å². The highest BCUT2D eigenvalue weighted by Gasteiger charge is 2.12. The second-order valence-corrected chi connectivity index (χ2v) is 8.15. The van der Waals surface area contributed by atoms with Gasteiger partial charge in [0.2, 0.25) is 5.89 Å². The quantitative estimate of drug-likeness (QED) is 0.153. The number of esters is 1. The maximum Gasteiger partial charge on any atom is 0.345 e. The van der Waals surface area contributed by atoms with Crippen molar-refractivity contribution in [2.45, 2.75) is 6.92 Å². The highest BCUT2D eigenvalue weighted by atomic mass is 35.5. The van der Waals surface area contributed by atoms with Crippen LogP contribution in [-0.2, 0) is 0 Å². The molecule has 0 bridgehead atoms. The maximum absolute atomic E-state index is 12.4. The molecule has 0 spiro atoms. The summed E-state index contributed by atoms with van der Waals surface area (Å²) in [5.41, 5.74) is 5.33. The number of hydrogen-bond acceptors (Lipinski definition) is 5. The summed E-state index contributed by atoms with van der Waals surface area (Å²) in [6.07, 6.45) is 1.70. The van der Waals surface area contributed by atoms with E-state index in [1.807, 2.05) is 55.5 Å². The van der Waals surface area contributed by atoms with E-state index >= 15 is 0 Å². The van der Waals surface area contributed by atoms with Crippen LogP contribution < -0.4 is 4.74 Å². The number of hydrogen-bond donors (Lipinski definition) is 0. The lowest BCUT2D eigenvalue weighted by molar-refractivity contribution is 0.0735. The van der Waals surface area contributed by atoms with Crippen molar-refractivity contribution >= 4 is 40.6 Å². The van der Waals surface area contributed by atoms with Gasteiger partial charge in [0.05, 0.1) is 16.3 Å². The smallest absolute Gasteiger partial charge is 0.345 e. The lowest BCUT2D eigenvalue weighted by Gasteiger charge is -2.06. The van der Waals surface area contributed by atoms with Crippen molar-refractivity contribution < 1.29 is 13.9 Å². The molecule has 5 aromatic rings. The zero-order valence-corrected chi connectivity index (χ0v) is 19.0. The minimum atomic E-state index is -0.513. The molecule has 5 nitrogen and oxygen atoms in total. The monoisotopic (exact) mass is 466 g/mol. The Morgan fingerprint density at radius 1 is 0.971 bits per heavy atom. The molecule has 0 saturated carbocycles. The Morgan fingerprint density at radius 2 is 1.82 bits per heavy atom. The first kappa shape index (κ1) is 21.6. The Morgan fingerprint density at radius 3 is 2.68 bits per heavy atom. The number of halogens is 1. The number of nitrogens with zero attached hydrogens (tertiary/aromatic N) is 2. The van der Waals surface area contributed by atoms with Crippen LogP contribution in [0.1, 0.15) is 21.5 Å². The van der Waals surface area contributed by atoms with E-state index in [1.165, 1.54) is 0 Å². The fourth-order valence-electron chi connectivity index (χ4n) is 3.49. The topological polar surface area (TPSA) is 64.7 Å². The predicted octanol–water partition coefficient (Wildman–Crippen LogP) is 7.43. The van der Waals surface area contributed by atoms with Crippen molar-refractivity contribution in [1.82, 2.24) is 4.98 Å². The van der Waals surface area contributed by atoms with E-state index in [1.54, 1.807) is 48.7 Å². The molecule has 166 valence electrons. The van der Waals surface area contributed by atoms with Crippen LogP contribution in [0.25, 0.3) is 22.6 Å². The molecule has 0 atom stereocenters. The van der Waals surface area contributed by atoms with E-state index < -0.39 is 5.97 Å². The molecule has 5 rings (SSSR count). The molecule has 1 aromatic heterocycles. The fourth-order valence-corrected chi connectivity index (χ4v) is 3.71. The highest BCUT2D eigenvalue weighted by molar-refractivity contribution is 6.33. The summed E-state index contributed by atoms with van der Waals surface area (Å²) in [7, 11) is 0. The van der Waals surface area contributed by atoms with Gasteiger partial charge in [-0.25, -0.2) is 9.78 Å². The van der Waals surface area contributed by atoms with E-state index in [-0.39, 0.29) is 0 Å². The van der Waals surface area contributed by atoms with Crippen LogP contribution in [0, 0.1) is 6.92 Å². The van der Waals surface area contributed by atoms with Gasteiger partial charge >= 0.3 is 5.97 Å². The zero-order valence-electron chi connectivity index (χ0n) is 18.2. The maximum atomic E-state index is 12.4. The molecule has 0 radical (unpaired) electrons.